The van der Waals surface area contributed by atoms with Crippen LogP contribution in [0.1, 0.15) is 49.9 Å². The van der Waals surface area contributed by atoms with Crippen LogP contribution in [0, 0.1) is 6.92 Å². The molecule has 1 aromatic rings. The van der Waals surface area contributed by atoms with E-state index in [0.29, 0.717) is 0 Å². The van der Waals surface area contributed by atoms with Gasteiger partial charge in [0.05, 0.1) is 11.6 Å². The van der Waals surface area contributed by atoms with Gasteiger partial charge in [0, 0.05) is 19.0 Å². The Labute approximate surface area is 110 Å². The van der Waals surface area contributed by atoms with Crippen LogP contribution < -0.4 is 5.32 Å². The quantitative estimate of drug-likeness (QED) is 0.840. The van der Waals surface area contributed by atoms with Crippen molar-refractivity contribution >= 4 is 0 Å². The van der Waals surface area contributed by atoms with Gasteiger partial charge in [0.1, 0.15) is 0 Å². The molecule has 18 heavy (non-hydrogen) atoms. The molecule has 0 saturated heterocycles. The number of rotatable bonds is 6. The molecule has 0 aromatic carbocycles. The standard InChI is InChI=1S/C15H24N2O/c1-4-10-16-14(15(18-3)8-5-9-15)13-7-6-12(2)17-11-13/h6-7,11,14,16H,4-5,8-10H2,1-3H3. The van der Waals surface area contributed by atoms with Crippen LogP contribution >= 0.6 is 0 Å². The minimum absolute atomic E-state index is 0.0217. The van der Waals surface area contributed by atoms with Crippen molar-refractivity contribution in [2.45, 2.75) is 51.2 Å². The van der Waals surface area contributed by atoms with E-state index in [1.54, 1.807) is 0 Å². The minimum atomic E-state index is -0.0217. The van der Waals surface area contributed by atoms with E-state index in [-0.39, 0.29) is 11.6 Å². The Balaban J connectivity index is 2.21. The third-order valence-electron chi connectivity index (χ3n) is 4.00. The van der Waals surface area contributed by atoms with Gasteiger partial charge in [-0.3, -0.25) is 4.98 Å². The Morgan fingerprint density at radius 3 is 2.67 bits per heavy atom. The summed E-state index contributed by atoms with van der Waals surface area (Å²) in [5, 5.41) is 3.63. The van der Waals surface area contributed by atoms with Crippen molar-refractivity contribution in [2.24, 2.45) is 0 Å². The molecule has 1 saturated carbocycles. The first-order valence-corrected chi connectivity index (χ1v) is 6.93. The van der Waals surface area contributed by atoms with Crippen molar-refractivity contribution in [1.29, 1.82) is 0 Å². The number of aryl methyl sites for hydroxylation is 1. The van der Waals surface area contributed by atoms with Crippen LogP contribution in [0.5, 0.6) is 0 Å². The van der Waals surface area contributed by atoms with E-state index in [0.717, 1.165) is 31.5 Å². The maximum Gasteiger partial charge on any atom is 0.0873 e. The normalized spacial score (nSPS) is 19.3. The molecule has 0 bridgehead atoms. The maximum atomic E-state index is 5.83. The zero-order valence-electron chi connectivity index (χ0n) is 11.7. The van der Waals surface area contributed by atoms with Gasteiger partial charge < -0.3 is 10.1 Å². The smallest absolute Gasteiger partial charge is 0.0873 e. The molecule has 1 fully saturated rings. The zero-order chi connectivity index (χ0) is 13.0. The van der Waals surface area contributed by atoms with E-state index in [1.165, 1.54) is 12.0 Å². The molecule has 1 N–H and O–H groups in total. The van der Waals surface area contributed by atoms with Gasteiger partial charge in [-0.2, -0.15) is 0 Å². The molecule has 1 unspecified atom stereocenters. The molecule has 0 radical (unpaired) electrons. The first-order chi connectivity index (χ1) is 8.72. The molecule has 0 amide bonds. The Morgan fingerprint density at radius 2 is 2.22 bits per heavy atom. The molecule has 100 valence electrons. The fourth-order valence-corrected chi connectivity index (χ4v) is 2.68. The van der Waals surface area contributed by atoms with Gasteiger partial charge in [0.2, 0.25) is 0 Å². The lowest BCUT2D eigenvalue weighted by Gasteiger charge is -2.47. The van der Waals surface area contributed by atoms with Crippen LogP contribution in [-0.2, 0) is 4.74 Å². The van der Waals surface area contributed by atoms with Gasteiger partial charge in [-0.1, -0.05) is 13.0 Å². The summed E-state index contributed by atoms with van der Waals surface area (Å²) in [5.41, 5.74) is 2.29. The SMILES string of the molecule is CCCNC(c1ccc(C)nc1)C1(OC)CCC1. The lowest BCUT2D eigenvalue weighted by atomic mass is 9.72. The van der Waals surface area contributed by atoms with E-state index in [2.05, 4.69) is 29.4 Å². The number of hydrogen-bond donors (Lipinski definition) is 1. The molecule has 1 aromatic heterocycles. The largest absolute Gasteiger partial charge is 0.376 e. The van der Waals surface area contributed by atoms with E-state index in [1.807, 2.05) is 20.2 Å². The van der Waals surface area contributed by atoms with E-state index < -0.39 is 0 Å². The minimum Gasteiger partial charge on any atom is -0.376 e. The van der Waals surface area contributed by atoms with Gasteiger partial charge in [-0.05, 0) is 50.8 Å². The number of nitrogens with zero attached hydrogens (tertiary/aromatic N) is 1. The van der Waals surface area contributed by atoms with Crippen LogP contribution in [0.4, 0.5) is 0 Å². The highest BCUT2D eigenvalue weighted by Crippen LogP contribution is 2.44. The average molecular weight is 248 g/mol. The number of methoxy groups -OCH3 is 1. The van der Waals surface area contributed by atoms with Crippen LogP contribution in [0.2, 0.25) is 0 Å². The number of hydrogen-bond acceptors (Lipinski definition) is 3. The highest BCUT2D eigenvalue weighted by molar-refractivity contribution is 5.22. The van der Waals surface area contributed by atoms with Crippen LogP contribution in [-0.4, -0.2) is 24.2 Å². The molecule has 1 aliphatic rings. The maximum absolute atomic E-state index is 5.83. The molecule has 2 rings (SSSR count). The van der Waals surface area contributed by atoms with Crippen molar-refractivity contribution in [3.8, 4) is 0 Å². The molecule has 3 heteroatoms. The summed E-state index contributed by atoms with van der Waals surface area (Å²) in [6.07, 6.45) is 6.66. The molecule has 1 atom stereocenters. The summed E-state index contributed by atoms with van der Waals surface area (Å²) in [7, 11) is 1.83. The van der Waals surface area contributed by atoms with Gasteiger partial charge in [-0.15, -0.1) is 0 Å². The van der Waals surface area contributed by atoms with Crippen LogP contribution in [0.3, 0.4) is 0 Å². The molecular formula is C15H24N2O. The summed E-state index contributed by atoms with van der Waals surface area (Å²) in [4.78, 5) is 4.42. The molecule has 3 nitrogen and oxygen atoms in total. The molecule has 1 aliphatic carbocycles. The molecular weight excluding hydrogens is 224 g/mol. The van der Waals surface area contributed by atoms with Crippen molar-refractivity contribution in [3.63, 3.8) is 0 Å². The third-order valence-corrected chi connectivity index (χ3v) is 4.00. The Morgan fingerprint density at radius 1 is 1.44 bits per heavy atom. The number of aromatic nitrogens is 1. The Hall–Kier alpha value is -0.930. The van der Waals surface area contributed by atoms with Gasteiger partial charge in [-0.25, -0.2) is 0 Å². The lowest BCUT2D eigenvalue weighted by Crippen LogP contribution is -2.50. The first kappa shape index (κ1) is 13.5. The van der Waals surface area contributed by atoms with Crippen LogP contribution in [0.25, 0.3) is 0 Å². The Kier molecular flexibility index (Phi) is 4.36. The summed E-state index contributed by atoms with van der Waals surface area (Å²) in [6.45, 7) is 5.23. The van der Waals surface area contributed by atoms with Gasteiger partial charge in [0.25, 0.3) is 0 Å². The van der Waals surface area contributed by atoms with E-state index >= 15 is 0 Å². The van der Waals surface area contributed by atoms with Crippen molar-refractivity contribution in [2.75, 3.05) is 13.7 Å². The lowest BCUT2D eigenvalue weighted by molar-refractivity contribution is -0.0998. The predicted molar refractivity (Wildman–Crippen MR) is 73.6 cm³/mol. The summed E-state index contributed by atoms with van der Waals surface area (Å²) in [6, 6.07) is 4.52. The predicted octanol–water partition coefficient (Wildman–Crippen LogP) is 3.00. The average Bonchev–Trinajstić information content (AvgIpc) is 2.34. The summed E-state index contributed by atoms with van der Waals surface area (Å²) < 4.78 is 5.83. The van der Waals surface area contributed by atoms with E-state index in [4.69, 9.17) is 4.74 Å². The number of nitrogens with one attached hydrogen (secondary N) is 1. The number of ether oxygens (including phenoxy) is 1. The van der Waals surface area contributed by atoms with Crippen molar-refractivity contribution in [1.82, 2.24) is 10.3 Å². The second-order valence-electron chi connectivity index (χ2n) is 5.24. The summed E-state index contributed by atoms with van der Waals surface area (Å²) in [5.74, 6) is 0. The topological polar surface area (TPSA) is 34.2 Å². The number of pyridine rings is 1. The van der Waals surface area contributed by atoms with Crippen molar-refractivity contribution in [3.05, 3.63) is 29.6 Å². The second kappa shape index (κ2) is 5.81. The fraction of sp³-hybridized carbons (Fsp3) is 0.667. The third kappa shape index (κ3) is 2.57. The molecule has 1 heterocycles. The van der Waals surface area contributed by atoms with Crippen LogP contribution in [0.15, 0.2) is 18.3 Å². The summed E-state index contributed by atoms with van der Waals surface area (Å²) >= 11 is 0. The highest BCUT2D eigenvalue weighted by Gasteiger charge is 2.45. The molecule has 0 aliphatic heterocycles. The Bertz CT molecular complexity index is 365. The monoisotopic (exact) mass is 248 g/mol. The first-order valence-electron chi connectivity index (χ1n) is 6.93. The zero-order valence-corrected chi connectivity index (χ0v) is 11.7. The second-order valence-corrected chi connectivity index (χ2v) is 5.24. The van der Waals surface area contributed by atoms with Gasteiger partial charge in [0.15, 0.2) is 0 Å². The van der Waals surface area contributed by atoms with E-state index in [9.17, 15) is 0 Å². The highest BCUT2D eigenvalue weighted by atomic mass is 16.5. The van der Waals surface area contributed by atoms with Gasteiger partial charge >= 0.3 is 0 Å². The van der Waals surface area contributed by atoms with Crippen molar-refractivity contribution < 1.29 is 4.74 Å². The molecule has 0 spiro atoms. The fourth-order valence-electron chi connectivity index (χ4n) is 2.68.